The number of nitrogens with one attached hydrogen (secondary N) is 2. The Labute approximate surface area is 259 Å². The molecule has 0 saturated carbocycles. The Bertz CT molecular complexity index is 1800. The van der Waals surface area contributed by atoms with E-state index in [9.17, 15) is 9.59 Å². The van der Waals surface area contributed by atoms with Crippen LogP contribution in [0.2, 0.25) is 10.0 Å². The van der Waals surface area contributed by atoms with Gasteiger partial charge >= 0.3 is 6.03 Å². The van der Waals surface area contributed by atoms with Crippen molar-refractivity contribution in [2.45, 2.75) is 25.4 Å². The Morgan fingerprint density at radius 2 is 1.67 bits per heavy atom. The van der Waals surface area contributed by atoms with E-state index in [1.54, 1.807) is 33.9 Å². The third-order valence-electron chi connectivity index (χ3n) is 7.35. The van der Waals surface area contributed by atoms with Gasteiger partial charge in [-0.2, -0.15) is 0 Å². The lowest BCUT2D eigenvalue weighted by Crippen LogP contribution is -2.43. The van der Waals surface area contributed by atoms with E-state index in [1.165, 1.54) is 0 Å². The summed E-state index contributed by atoms with van der Waals surface area (Å²) in [4.78, 5) is 38.5. The number of para-hydroxylation sites is 1. The largest absolute Gasteiger partial charge is 0.348 e. The second-order valence-corrected chi connectivity index (χ2v) is 11.0. The standard InChI is InChI=1S/C33H28Cl2N6O2/c34-23-14-15-29(27(35)19-23)39-33(43)40-18-16-28-26(21-40)31(42)41(25-12-5-2-6-13-25)32(37-28)38-30(22-9-3-1-4-10-22)20-24-11-7-8-17-36-24/h1-15,17,19,30H,16,18,20-21H2,(H,37,38)(H,39,43). The van der Waals surface area contributed by atoms with Crippen molar-refractivity contribution in [1.82, 2.24) is 19.4 Å². The summed E-state index contributed by atoms with van der Waals surface area (Å²) in [5, 5.41) is 7.21. The molecule has 1 aliphatic heterocycles. The van der Waals surface area contributed by atoms with E-state index < -0.39 is 0 Å². The Hall–Kier alpha value is -4.66. The van der Waals surface area contributed by atoms with Crippen molar-refractivity contribution in [3.05, 3.63) is 146 Å². The number of halogens is 2. The summed E-state index contributed by atoms with van der Waals surface area (Å²) in [6.07, 6.45) is 2.79. The number of carbonyl (C=O) groups is 1. The monoisotopic (exact) mass is 610 g/mol. The van der Waals surface area contributed by atoms with Gasteiger partial charge in [0.05, 0.1) is 40.2 Å². The van der Waals surface area contributed by atoms with Gasteiger partial charge in [-0.15, -0.1) is 0 Å². The molecular weight excluding hydrogens is 583 g/mol. The molecule has 1 unspecified atom stereocenters. The molecule has 0 aliphatic carbocycles. The van der Waals surface area contributed by atoms with Crippen LogP contribution in [0, 0.1) is 0 Å². The molecule has 10 heteroatoms. The van der Waals surface area contributed by atoms with E-state index in [0.29, 0.717) is 58.0 Å². The summed E-state index contributed by atoms with van der Waals surface area (Å²) in [7, 11) is 0. The van der Waals surface area contributed by atoms with Crippen LogP contribution in [0.1, 0.15) is 28.6 Å². The normalized spacial score (nSPS) is 13.2. The molecule has 2 amide bonds. The number of hydrogen-bond donors (Lipinski definition) is 2. The predicted octanol–water partition coefficient (Wildman–Crippen LogP) is 6.92. The average Bonchev–Trinajstić information content (AvgIpc) is 3.03. The summed E-state index contributed by atoms with van der Waals surface area (Å²) < 4.78 is 1.59. The van der Waals surface area contributed by atoms with Crippen molar-refractivity contribution in [3.63, 3.8) is 0 Å². The molecule has 0 fully saturated rings. The van der Waals surface area contributed by atoms with Gasteiger partial charge < -0.3 is 15.5 Å². The zero-order chi connectivity index (χ0) is 29.8. The number of aromatic nitrogens is 3. The number of rotatable bonds is 7. The molecule has 43 heavy (non-hydrogen) atoms. The fourth-order valence-electron chi connectivity index (χ4n) is 5.17. The lowest BCUT2D eigenvalue weighted by molar-refractivity contribution is 0.205. The quantitative estimate of drug-likeness (QED) is 0.209. The van der Waals surface area contributed by atoms with Crippen LogP contribution in [-0.2, 0) is 19.4 Å². The molecule has 1 atom stereocenters. The number of nitrogens with zero attached hydrogens (tertiary/aromatic N) is 4. The first kappa shape index (κ1) is 28.5. The molecule has 6 rings (SSSR count). The van der Waals surface area contributed by atoms with Gasteiger partial charge in [-0.25, -0.2) is 14.3 Å². The van der Waals surface area contributed by atoms with Crippen LogP contribution < -0.4 is 16.2 Å². The highest BCUT2D eigenvalue weighted by Crippen LogP contribution is 2.28. The molecule has 3 aromatic carbocycles. The molecule has 2 N–H and O–H groups in total. The van der Waals surface area contributed by atoms with Crippen LogP contribution >= 0.6 is 23.2 Å². The summed E-state index contributed by atoms with van der Waals surface area (Å²) in [6.45, 7) is 0.503. The first-order valence-electron chi connectivity index (χ1n) is 13.9. The van der Waals surface area contributed by atoms with Crippen LogP contribution in [0.5, 0.6) is 0 Å². The maximum absolute atomic E-state index is 14.2. The number of hydrogen-bond acceptors (Lipinski definition) is 5. The fourth-order valence-corrected chi connectivity index (χ4v) is 5.63. The number of pyridine rings is 1. The number of carbonyl (C=O) groups excluding carboxylic acids is 1. The van der Waals surface area contributed by atoms with Crippen LogP contribution in [0.4, 0.5) is 16.4 Å². The predicted molar refractivity (Wildman–Crippen MR) is 170 cm³/mol. The van der Waals surface area contributed by atoms with Gasteiger partial charge in [0.1, 0.15) is 0 Å². The Balaban J connectivity index is 1.36. The first-order valence-corrected chi connectivity index (χ1v) is 14.6. The summed E-state index contributed by atoms with van der Waals surface area (Å²) in [6, 6.07) is 29.6. The van der Waals surface area contributed by atoms with Crippen LogP contribution in [0.3, 0.4) is 0 Å². The minimum absolute atomic E-state index is 0.112. The second-order valence-electron chi connectivity index (χ2n) is 10.2. The molecule has 0 radical (unpaired) electrons. The minimum atomic E-state index is -0.359. The van der Waals surface area contributed by atoms with E-state index in [1.807, 2.05) is 78.9 Å². The SMILES string of the molecule is O=C(Nc1ccc(Cl)cc1Cl)N1CCc2nc(NC(Cc3ccccn3)c3ccccc3)n(-c3ccccc3)c(=O)c2C1. The highest BCUT2D eigenvalue weighted by molar-refractivity contribution is 6.36. The van der Waals surface area contributed by atoms with Crippen molar-refractivity contribution >= 4 is 40.9 Å². The fraction of sp³-hybridized carbons (Fsp3) is 0.152. The van der Waals surface area contributed by atoms with E-state index in [-0.39, 0.29) is 24.2 Å². The molecule has 0 bridgehead atoms. The lowest BCUT2D eigenvalue weighted by atomic mass is 10.0. The van der Waals surface area contributed by atoms with Crippen molar-refractivity contribution in [1.29, 1.82) is 0 Å². The Morgan fingerprint density at radius 1 is 0.930 bits per heavy atom. The number of amides is 2. The number of benzene rings is 3. The third kappa shape index (κ3) is 6.40. The molecule has 3 heterocycles. The molecular formula is C33H28Cl2N6O2. The average molecular weight is 612 g/mol. The number of urea groups is 1. The maximum Gasteiger partial charge on any atom is 0.322 e. The topological polar surface area (TPSA) is 92.2 Å². The third-order valence-corrected chi connectivity index (χ3v) is 7.90. The summed E-state index contributed by atoms with van der Waals surface area (Å²) in [5.74, 6) is 0.436. The highest BCUT2D eigenvalue weighted by atomic mass is 35.5. The molecule has 0 saturated heterocycles. The van der Waals surface area contributed by atoms with E-state index in [4.69, 9.17) is 28.2 Å². The van der Waals surface area contributed by atoms with Crippen LogP contribution in [-0.4, -0.2) is 32.0 Å². The van der Waals surface area contributed by atoms with Gasteiger partial charge in [0.25, 0.3) is 5.56 Å². The molecule has 8 nitrogen and oxygen atoms in total. The van der Waals surface area contributed by atoms with Crippen molar-refractivity contribution in [3.8, 4) is 5.69 Å². The first-order chi connectivity index (χ1) is 21.0. The summed E-state index contributed by atoms with van der Waals surface area (Å²) >= 11 is 12.3. The minimum Gasteiger partial charge on any atom is -0.348 e. The molecule has 1 aliphatic rings. The van der Waals surface area contributed by atoms with E-state index >= 15 is 0 Å². The van der Waals surface area contributed by atoms with Gasteiger partial charge in [-0.1, -0.05) is 77.8 Å². The van der Waals surface area contributed by atoms with Crippen molar-refractivity contribution < 1.29 is 4.79 Å². The van der Waals surface area contributed by atoms with Crippen LogP contribution in [0.15, 0.2) is 108 Å². The second kappa shape index (κ2) is 12.7. The van der Waals surface area contributed by atoms with Crippen LogP contribution in [0.25, 0.3) is 5.69 Å². The van der Waals surface area contributed by atoms with Gasteiger partial charge in [-0.05, 0) is 48.0 Å². The molecule has 0 spiro atoms. The van der Waals surface area contributed by atoms with Gasteiger partial charge in [0.2, 0.25) is 5.95 Å². The molecule has 5 aromatic rings. The number of fused-ring (bicyclic) bond motifs is 1. The number of anilines is 2. The highest BCUT2D eigenvalue weighted by Gasteiger charge is 2.28. The van der Waals surface area contributed by atoms with Gasteiger partial charge in [0.15, 0.2) is 0 Å². The van der Waals surface area contributed by atoms with Crippen molar-refractivity contribution in [2.75, 3.05) is 17.2 Å². The van der Waals surface area contributed by atoms with E-state index in [2.05, 4.69) is 15.6 Å². The summed E-state index contributed by atoms with van der Waals surface area (Å²) in [5.41, 5.74) is 3.98. The Morgan fingerprint density at radius 3 is 2.40 bits per heavy atom. The van der Waals surface area contributed by atoms with E-state index in [0.717, 1.165) is 11.3 Å². The maximum atomic E-state index is 14.2. The zero-order valence-electron chi connectivity index (χ0n) is 23.1. The molecule has 2 aromatic heterocycles. The Kier molecular flexibility index (Phi) is 8.40. The van der Waals surface area contributed by atoms with Crippen molar-refractivity contribution in [2.24, 2.45) is 0 Å². The van der Waals surface area contributed by atoms with Gasteiger partial charge in [-0.3, -0.25) is 9.78 Å². The lowest BCUT2D eigenvalue weighted by Gasteiger charge is -2.30. The molecule has 216 valence electrons. The zero-order valence-corrected chi connectivity index (χ0v) is 24.6. The van der Waals surface area contributed by atoms with Gasteiger partial charge in [0, 0.05) is 36.3 Å². The smallest absolute Gasteiger partial charge is 0.322 e.